The Morgan fingerprint density at radius 1 is 0.933 bits per heavy atom. The number of methoxy groups -OCH3 is 1. The van der Waals surface area contributed by atoms with Crippen molar-refractivity contribution < 1.29 is 9.53 Å². The largest absolute Gasteiger partial charge is 0.496 e. The number of nitrogens with zero attached hydrogens (tertiary/aromatic N) is 1. The Morgan fingerprint density at radius 2 is 1.63 bits per heavy atom. The maximum absolute atomic E-state index is 13.3. The number of carbonyl (C=O) groups is 1. The van der Waals surface area contributed by atoms with E-state index < -0.39 is 0 Å². The number of para-hydroxylation sites is 2. The van der Waals surface area contributed by atoms with Gasteiger partial charge in [0.05, 0.1) is 23.9 Å². The minimum Gasteiger partial charge on any atom is -0.496 e. The lowest BCUT2D eigenvalue weighted by atomic mass is 9.94. The zero-order valence-electron chi connectivity index (χ0n) is 17.2. The zero-order valence-corrected chi connectivity index (χ0v) is 17.2. The van der Waals surface area contributed by atoms with Gasteiger partial charge in [-0.1, -0.05) is 66.7 Å². The van der Waals surface area contributed by atoms with Gasteiger partial charge in [0.25, 0.3) is 5.91 Å². The number of aromatic nitrogens is 1. The molecule has 0 radical (unpaired) electrons. The van der Waals surface area contributed by atoms with E-state index in [2.05, 4.69) is 5.32 Å². The number of aryl methyl sites for hydroxylation is 1. The number of rotatable bonds is 6. The van der Waals surface area contributed by atoms with Crippen LogP contribution in [0.15, 0.2) is 78.9 Å². The van der Waals surface area contributed by atoms with Crippen molar-refractivity contribution in [3.8, 4) is 16.9 Å². The maximum Gasteiger partial charge on any atom is 0.253 e. The van der Waals surface area contributed by atoms with Crippen molar-refractivity contribution >= 4 is 16.8 Å². The van der Waals surface area contributed by atoms with Crippen molar-refractivity contribution in [1.29, 1.82) is 0 Å². The van der Waals surface area contributed by atoms with E-state index in [9.17, 15) is 4.79 Å². The van der Waals surface area contributed by atoms with E-state index in [1.165, 1.54) is 0 Å². The van der Waals surface area contributed by atoms with Crippen molar-refractivity contribution in [3.63, 3.8) is 0 Å². The molecule has 1 N–H and O–H groups in total. The summed E-state index contributed by atoms with van der Waals surface area (Å²) in [5.41, 5.74) is 5.24. The lowest BCUT2D eigenvalue weighted by Gasteiger charge is -2.16. The fourth-order valence-electron chi connectivity index (χ4n) is 3.83. The first-order valence-electron chi connectivity index (χ1n) is 10.0. The second-order valence-corrected chi connectivity index (χ2v) is 7.15. The molecule has 1 heterocycles. The third-order valence-electron chi connectivity index (χ3n) is 5.24. The molecule has 0 spiro atoms. The SMILES string of the molecule is COc1ccccc1CCNC(=O)c1c(C)nc2ccccc2c1-c1ccccc1. The van der Waals surface area contributed by atoms with Crippen LogP contribution in [0.1, 0.15) is 21.6 Å². The average molecular weight is 396 g/mol. The molecule has 4 rings (SSSR count). The van der Waals surface area contributed by atoms with Crippen LogP contribution in [0.4, 0.5) is 0 Å². The molecule has 150 valence electrons. The van der Waals surface area contributed by atoms with Crippen LogP contribution in [0.25, 0.3) is 22.0 Å². The summed E-state index contributed by atoms with van der Waals surface area (Å²) < 4.78 is 5.41. The van der Waals surface area contributed by atoms with Gasteiger partial charge in [0.15, 0.2) is 0 Å². The number of ether oxygens (including phenoxy) is 1. The summed E-state index contributed by atoms with van der Waals surface area (Å²) in [7, 11) is 1.66. The maximum atomic E-state index is 13.3. The molecule has 0 atom stereocenters. The van der Waals surface area contributed by atoms with Gasteiger partial charge in [-0.3, -0.25) is 9.78 Å². The molecule has 0 aliphatic heterocycles. The van der Waals surface area contributed by atoms with Crippen LogP contribution < -0.4 is 10.1 Å². The molecule has 0 bridgehead atoms. The van der Waals surface area contributed by atoms with Gasteiger partial charge in [-0.05, 0) is 36.6 Å². The number of carbonyl (C=O) groups excluding carboxylic acids is 1. The van der Waals surface area contributed by atoms with E-state index in [4.69, 9.17) is 9.72 Å². The Morgan fingerprint density at radius 3 is 2.43 bits per heavy atom. The molecule has 4 heteroatoms. The summed E-state index contributed by atoms with van der Waals surface area (Å²) >= 11 is 0. The minimum atomic E-state index is -0.112. The van der Waals surface area contributed by atoms with Crippen LogP contribution in [-0.4, -0.2) is 24.5 Å². The lowest BCUT2D eigenvalue weighted by molar-refractivity contribution is 0.0954. The van der Waals surface area contributed by atoms with Gasteiger partial charge in [0, 0.05) is 17.5 Å². The number of fused-ring (bicyclic) bond motifs is 1. The molecule has 4 aromatic rings. The standard InChI is InChI=1S/C26H24N2O2/c1-18-24(26(29)27-17-16-19-10-6-9-15-23(19)30-2)25(20-11-4-3-5-12-20)21-13-7-8-14-22(21)28-18/h3-15H,16-17H2,1-2H3,(H,27,29). The average Bonchev–Trinajstić information content (AvgIpc) is 2.79. The second kappa shape index (κ2) is 8.78. The molecule has 0 fully saturated rings. The predicted molar refractivity (Wildman–Crippen MR) is 121 cm³/mol. The third-order valence-corrected chi connectivity index (χ3v) is 5.24. The first kappa shape index (κ1) is 19.6. The van der Waals surface area contributed by atoms with Crippen molar-refractivity contribution in [2.24, 2.45) is 0 Å². The molecule has 0 saturated heterocycles. The van der Waals surface area contributed by atoms with Gasteiger partial charge in [-0.2, -0.15) is 0 Å². The van der Waals surface area contributed by atoms with Crippen molar-refractivity contribution in [2.45, 2.75) is 13.3 Å². The summed E-state index contributed by atoms with van der Waals surface area (Å²) in [5, 5.41) is 4.06. The van der Waals surface area contributed by atoms with E-state index in [0.29, 0.717) is 18.5 Å². The highest BCUT2D eigenvalue weighted by atomic mass is 16.5. The van der Waals surface area contributed by atoms with Crippen molar-refractivity contribution in [3.05, 3.63) is 95.7 Å². The van der Waals surface area contributed by atoms with E-state index in [0.717, 1.165) is 39.0 Å². The van der Waals surface area contributed by atoms with Crippen molar-refractivity contribution in [2.75, 3.05) is 13.7 Å². The number of benzene rings is 3. The molecule has 0 aliphatic carbocycles. The van der Waals surface area contributed by atoms with Crippen molar-refractivity contribution in [1.82, 2.24) is 10.3 Å². The van der Waals surface area contributed by atoms with Gasteiger partial charge >= 0.3 is 0 Å². The third kappa shape index (κ3) is 3.90. The summed E-state index contributed by atoms with van der Waals surface area (Å²) in [5.74, 6) is 0.722. The second-order valence-electron chi connectivity index (χ2n) is 7.15. The minimum absolute atomic E-state index is 0.112. The molecule has 0 aliphatic rings. The van der Waals surface area contributed by atoms with Gasteiger partial charge in [0.1, 0.15) is 5.75 Å². The van der Waals surface area contributed by atoms with E-state index in [1.807, 2.05) is 85.8 Å². The molecular formula is C26H24N2O2. The van der Waals surface area contributed by atoms with Gasteiger partial charge in [-0.15, -0.1) is 0 Å². The van der Waals surface area contributed by atoms with Gasteiger partial charge < -0.3 is 10.1 Å². The van der Waals surface area contributed by atoms with Crippen LogP contribution in [0.3, 0.4) is 0 Å². The zero-order chi connectivity index (χ0) is 20.9. The highest BCUT2D eigenvalue weighted by Crippen LogP contribution is 2.33. The topological polar surface area (TPSA) is 51.2 Å². The smallest absolute Gasteiger partial charge is 0.253 e. The van der Waals surface area contributed by atoms with E-state index in [1.54, 1.807) is 7.11 Å². The van der Waals surface area contributed by atoms with Crippen LogP contribution in [-0.2, 0) is 6.42 Å². The first-order chi connectivity index (χ1) is 14.7. The Bertz CT molecular complexity index is 1190. The molecule has 0 unspecified atom stereocenters. The summed E-state index contributed by atoms with van der Waals surface area (Å²) in [6, 6.07) is 25.9. The highest BCUT2D eigenvalue weighted by molar-refractivity contribution is 6.09. The van der Waals surface area contributed by atoms with Crippen LogP contribution in [0, 0.1) is 6.92 Å². The quantitative estimate of drug-likeness (QED) is 0.488. The Kier molecular flexibility index (Phi) is 5.75. The Balaban J connectivity index is 1.68. The van der Waals surface area contributed by atoms with Crippen LogP contribution in [0.5, 0.6) is 5.75 Å². The molecule has 3 aromatic carbocycles. The lowest BCUT2D eigenvalue weighted by Crippen LogP contribution is -2.27. The predicted octanol–water partition coefficient (Wildman–Crippen LogP) is 5.19. The molecule has 30 heavy (non-hydrogen) atoms. The fraction of sp³-hybridized carbons (Fsp3) is 0.154. The van der Waals surface area contributed by atoms with Gasteiger partial charge in [-0.25, -0.2) is 0 Å². The summed E-state index contributed by atoms with van der Waals surface area (Å²) in [4.78, 5) is 18.0. The normalized spacial score (nSPS) is 10.7. The number of hydrogen-bond acceptors (Lipinski definition) is 3. The summed E-state index contributed by atoms with van der Waals surface area (Å²) in [6.07, 6.45) is 0.691. The fourth-order valence-corrected chi connectivity index (χ4v) is 3.83. The number of pyridine rings is 1. The van der Waals surface area contributed by atoms with Crippen LogP contribution in [0.2, 0.25) is 0 Å². The van der Waals surface area contributed by atoms with Gasteiger partial charge in [0.2, 0.25) is 0 Å². The Hall–Kier alpha value is -3.66. The van der Waals surface area contributed by atoms with Crippen LogP contribution >= 0.6 is 0 Å². The van der Waals surface area contributed by atoms with E-state index in [-0.39, 0.29) is 5.91 Å². The highest BCUT2D eigenvalue weighted by Gasteiger charge is 2.20. The monoisotopic (exact) mass is 396 g/mol. The Labute approximate surface area is 176 Å². The number of nitrogens with one attached hydrogen (secondary N) is 1. The number of hydrogen-bond donors (Lipinski definition) is 1. The molecule has 4 nitrogen and oxygen atoms in total. The molecular weight excluding hydrogens is 372 g/mol. The number of amides is 1. The summed E-state index contributed by atoms with van der Waals surface area (Å²) in [6.45, 7) is 2.41. The first-order valence-corrected chi connectivity index (χ1v) is 10.0. The molecule has 1 aromatic heterocycles. The van der Waals surface area contributed by atoms with E-state index >= 15 is 0 Å². The molecule has 1 amide bonds. The molecule has 0 saturated carbocycles.